The van der Waals surface area contributed by atoms with Gasteiger partial charge in [0.15, 0.2) is 0 Å². The maximum absolute atomic E-state index is 12.6. The zero-order chi connectivity index (χ0) is 20.6. The van der Waals surface area contributed by atoms with E-state index in [1.807, 2.05) is 24.3 Å². The fourth-order valence-corrected chi connectivity index (χ4v) is 6.06. The quantitative estimate of drug-likeness (QED) is 0.342. The summed E-state index contributed by atoms with van der Waals surface area (Å²) < 4.78 is 11.3. The van der Waals surface area contributed by atoms with E-state index in [4.69, 9.17) is 9.47 Å². The molecule has 30 heavy (non-hydrogen) atoms. The zero-order valence-corrected chi connectivity index (χ0v) is 16.5. The second-order valence-corrected chi connectivity index (χ2v) is 9.07. The Balaban J connectivity index is 0.954. The van der Waals surface area contributed by atoms with Crippen molar-refractivity contribution in [3.63, 3.8) is 0 Å². The molecule has 4 bridgehead atoms. The Kier molecular flexibility index (Phi) is 4.05. The van der Waals surface area contributed by atoms with Gasteiger partial charge in [-0.05, 0) is 12.8 Å². The lowest BCUT2D eigenvalue weighted by Crippen LogP contribution is -2.35. The number of fused-ring (bicyclic) bond motifs is 10. The molecule has 0 aromatic carbocycles. The number of hydrogen-bond acceptors (Lipinski definition) is 6. The number of rotatable bonds is 7. The number of nitrogens with zero attached hydrogens (tertiary/aromatic N) is 2. The standard InChI is InChI=1S/C22H24N2O6/c25-19-15-11-5-6-12(29-11)16(15)20(26)23(19)9-3-1-2-4-10-24-21(27)17-13-7-8-14(30-13)18(17)22(24)28/h5-8,11-18H,1-4,9-10H2. The molecule has 0 aromatic heterocycles. The summed E-state index contributed by atoms with van der Waals surface area (Å²) in [7, 11) is 0. The van der Waals surface area contributed by atoms with Crippen molar-refractivity contribution < 1.29 is 28.7 Å². The van der Waals surface area contributed by atoms with E-state index in [2.05, 4.69) is 0 Å². The van der Waals surface area contributed by atoms with E-state index in [0.717, 1.165) is 25.7 Å². The number of likely N-dealkylation sites (tertiary alicyclic amines) is 2. The second kappa shape index (κ2) is 6.59. The maximum Gasteiger partial charge on any atom is 0.236 e. The van der Waals surface area contributed by atoms with E-state index in [1.165, 1.54) is 9.80 Å². The van der Waals surface area contributed by atoms with Gasteiger partial charge in [-0.2, -0.15) is 0 Å². The van der Waals surface area contributed by atoms with Gasteiger partial charge in [0.2, 0.25) is 23.6 Å². The monoisotopic (exact) mass is 412 g/mol. The minimum atomic E-state index is -0.340. The van der Waals surface area contributed by atoms with Crippen LogP contribution in [0.5, 0.6) is 0 Å². The third-order valence-corrected chi connectivity index (χ3v) is 7.52. The van der Waals surface area contributed by atoms with Gasteiger partial charge in [0.25, 0.3) is 0 Å². The molecule has 6 heterocycles. The Bertz CT molecular complexity index is 764. The fourth-order valence-electron chi connectivity index (χ4n) is 6.06. The number of amides is 4. The number of ether oxygens (including phenoxy) is 2. The van der Waals surface area contributed by atoms with Crippen molar-refractivity contribution in [1.29, 1.82) is 0 Å². The first-order valence-electron chi connectivity index (χ1n) is 10.9. The maximum atomic E-state index is 12.6. The van der Waals surface area contributed by atoms with E-state index in [9.17, 15) is 19.2 Å². The average Bonchev–Trinajstić information content (AvgIpc) is 3.56. The van der Waals surface area contributed by atoms with E-state index in [-0.39, 0.29) is 71.7 Å². The first-order chi connectivity index (χ1) is 14.6. The highest BCUT2D eigenvalue weighted by atomic mass is 16.5. The van der Waals surface area contributed by atoms with E-state index < -0.39 is 0 Å². The molecule has 0 spiro atoms. The lowest BCUT2D eigenvalue weighted by atomic mass is 9.85. The number of imide groups is 2. The van der Waals surface area contributed by atoms with Gasteiger partial charge in [-0.3, -0.25) is 29.0 Å². The summed E-state index contributed by atoms with van der Waals surface area (Å²) in [5.41, 5.74) is 0. The van der Waals surface area contributed by atoms with Crippen LogP contribution >= 0.6 is 0 Å². The Morgan fingerprint density at radius 2 is 0.833 bits per heavy atom. The van der Waals surface area contributed by atoms with Crippen LogP contribution in [0.15, 0.2) is 24.3 Å². The summed E-state index contributed by atoms with van der Waals surface area (Å²) in [5, 5.41) is 0. The van der Waals surface area contributed by atoms with Crippen LogP contribution in [0.1, 0.15) is 25.7 Å². The highest BCUT2D eigenvalue weighted by molar-refractivity contribution is 6.07. The highest BCUT2D eigenvalue weighted by Crippen LogP contribution is 2.46. The van der Waals surface area contributed by atoms with Gasteiger partial charge in [0, 0.05) is 13.1 Å². The summed E-state index contributed by atoms with van der Waals surface area (Å²) in [5.74, 6) is -1.78. The van der Waals surface area contributed by atoms with Crippen LogP contribution in [0.2, 0.25) is 0 Å². The van der Waals surface area contributed by atoms with Crippen molar-refractivity contribution in [2.75, 3.05) is 13.1 Å². The number of carbonyl (C=O) groups is 4. The Morgan fingerprint density at radius 3 is 1.13 bits per heavy atom. The molecule has 0 aliphatic carbocycles. The number of carbonyl (C=O) groups excluding carboxylic acids is 4. The van der Waals surface area contributed by atoms with Crippen molar-refractivity contribution in [3.8, 4) is 0 Å². The molecule has 8 atom stereocenters. The SMILES string of the molecule is O=C1C2C3C=CC(O3)C2C(=O)N1CCCCCCN1C(=O)C2C3C=CC(O3)C2C1=O. The molecule has 8 unspecified atom stereocenters. The van der Waals surface area contributed by atoms with Crippen LogP contribution in [0.4, 0.5) is 0 Å². The molecule has 8 nitrogen and oxygen atoms in total. The summed E-state index contributed by atoms with van der Waals surface area (Å²) in [6.07, 6.45) is 9.74. The van der Waals surface area contributed by atoms with Gasteiger partial charge in [-0.15, -0.1) is 0 Å². The minimum absolute atomic E-state index is 0.105. The van der Waals surface area contributed by atoms with Crippen LogP contribution in [0, 0.1) is 23.7 Å². The first kappa shape index (κ1) is 18.4. The fraction of sp³-hybridized carbons (Fsp3) is 0.636. The summed E-state index contributed by atoms with van der Waals surface area (Å²) in [6, 6.07) is 0. The number of hydrogen-bond donors (Lipinski definition) is 0. The second-order valence-electron chi connectivity index (χ2n) is 9.07. The average molecular weight is 412 g/mol. The largest absolute Gasteiger partial charge is 0.365 e. The predicted octanol–water partition coefficient (Wildman–Crippen LogP) is 0.424. The van der Waals surface area contributed by atoms with Crippen LogP contribution in [0.3, 0.4) is 0 Å². The molecule has 158 valence electrons. The molecular formula is C22H24N2O6. The van der Waals surface area contributed by atoms with Crippen molar-refractivity contribution in [1.82, 2.24) is 9.80 Å². The smallest absolute Gasteiger partial charge is 0.236 e. The molecule has 0 saturated carbocycles. The topological polar surface area (TPSA) is 93.2 Å². The van der Waals surface area contributed by atoms with Gasteiger partial charge >= 0.3 is 0 Å². The van der Waals surface area contributed by atoms with E-state index in [0.29, 0.717) is 13.1 Å². The molecule has 6 aliphatic heterocycles. The van der Waals surface area contributed by atoms with Gasteiger partial charge in [-0.25, -0.2) is 0 Å². The van der Waals surface area contributed by atoms with Crippen molar-refractivity contribution in [2.24, 2.45) is 23.7 Å². The molecule has 4 amide bonds. The molecule has 6 aliphatic rings. The van der Waals surface area contributed by atoms with Crippen LogP contribution in [0.25, 0.3) is 0 Å². The molecule has 4 fully saturated rings. The lowest BCUT2D eigenvalue weighted by molar-refractivity contribution is -0.144. The predicted molar refractivity (Wildman–Crippen MR) is 101 cm³/mol. The normalized spacial score (nSPS) is 42.4. The molecule has 8 heteroatoms. The lowest BCUT2D eigenvalue weighted by Gasteiger charge is -2.18. The third kappa shape index (κ3) is 2.40. The number of unbranched alkanes of at least 4 members (excludes halogenated alkanes) is 3. The molecule has 6 rings (SSSR count). The van der Waals surface area contributed by atoms with Gasteiger partial charge in [0.05, 0.1) is 48.1 Å². The Hall–Kier alpha value is -2.32. The Morgan fingerprint density at radius 1 is 0.533 bits per heavy atom. The highest BCUT2D eigenvalue weighted by Gasteiger charge is 2.61. The molecule has 4 saturated heterocycles. The van der Waals surface area contributed by atoms with Gasteiger partial charge < -0.3 is 9.47 Å². The van der Waals surface area contributed by atoms with Crippen molar-refractivity contribution in [2.45, 2.75) is 50.1 Å². The minimum Gasteiger partial charge on any atom is -0.365 e. The molecule has 0 radical (unpaired) electrons. The first-order valence-corrected chi connectivity index (χ1v) is 10.9. The molecule has 0 aromatic rings. The van der Waals surface area contributed by atoms with Crippen molar-refractivity contribution in [3.05, 3.63) is 24.3 Å². The van der Waals surface area contributed by atoms with Crippen LogP contribution in [-0.2, 0) is 28.7 Å². The van der Waals surface area contributed by atoms with Crippen molar-refractivity contribution >= 4 is 23.6 Å². The third-order valence-electron chi connectivity index (χ3n) is 7.52. The van der Waals surface area contributed by atoms with E-state index in [1.54, 1.807) is 0 Å². The van der Waals surface area contributed by atoms with Crippen LogP contribution < -0.4 is 0 Å². The summed E-state index contributed by atoms with van der Waals surface area (Å²) in [4.78, 5) is 53.2. The summed E-state index contributed by atoms with van der Waals surface area (Å²) in [6.45, 7) is 0.865. The van der Waals surface area contributed by atoms with Crippen LogP contribution in [-0.4, -0.2) is 70.9 Å². The van der Waals surface area contributed by atoms with Gasteiger partial charge in [-0.1, -0.05) is 37.1 Å². The summed E-state index contributed by atoms with van der Waals surface area (Å²) >= 11 is 0. The van der Waals surface area contributed by atoms with E-state index >= 15 is 0 Å². The zero-order valence-electron chi connectivity index (χ0n) is 16.5. The molecule has 0 N–H and O–H groups in total. The Labute approximate surface area is 173 Å². The molecular weight excluding hydrogens is 388 g/mol. The van der Waals surface area contributed by atoms with Gasteiger partial charge in [0.1, 0.15) is 0 Å².